The van der Waals surface area contributed by atoms with Crippen LogP contribution in [0.5, 0.6) is 5.75 Å². The topological polar surface area (TPSA) is 76.7 Å². The summed E-state index contributed by atoms with van der Waals surface area (Å²) in [6, 6.07) is 37.9. The van der Waals surface area contributed by atoms with Gasteiger partial charge >= 0.3 is 0 Å². The number of para-hydroxylation sites is 1. The normalized spacial score (nSPS) is 11.7. The van der Waals surface area contributed by atoms with Crippen molar-refractivity contribution in [2.45, 2.75) is 25.8 Å². The van der Waals surface area contributed by atoms with Gasteiger partial charge in [-0.2, -0.15) is 0 Å². The third-order valence-electron chi connectivity index (χ3n) is 7.08. The molecule has 4 rings (SSSR count). The Bertz CT molecular complexity index is 1450. The first-order valence-electron chi connectivity index (χ1n) is 14.7. The van der Waals surface area contributed by atoms with Crippen LogP contribution in [0.1, 0.15) is 36.7 Å². The predicted molar refractivity (Wildman–Crippen MR) is 184 cm³/mol. The van der Waals surface area contributed by atoms with Crippen molar-refractivity contribution in [3.63, 3.8) is 0 Å². The molecular formula is C36H40N2O4SSi. The Morgan fingerprint density at radius 1 is 0.773 bits per heavy atom. The summed E-state index contributed by atoms with van der Waals surface area (Å²) in [5.74, 6) is 1.03. The highest BCUT2D eigenvalue weighted by Gasteiger charge is 2.49. The van der Waals surface area contributed by atoms with Gasteiger partial charge in [0.25, 0.3) is 14.2 Å². The lowest BCUT2D eigenvalue weighted by Gasteiger charge is -2.42. The van der Waals surface area contributed by atoms with Gasteiger partial charge in [0, 0.05) is 11.3 Å². The van der Waals surface area contributed by atoms with E-state index in [0.29, 0.717) is 24.5 Å². The van der Waals surface area contributed by atoms with Gasteiger partial charge in [-0.15, -0.1) is 11.8 Å². The second kappa shape index (κ2) is 16.1. The molecule has 0 unspecified atom stereocenters. The number of ether oxygens (including phenoxy) is 1. The summed E-state index contributed by atoms with van der Waals surface area (Å²) >= 11 is 1.44. The van der Waals surface area contributed by atoms with E-state index in [0.717, 1.165) is 11.3 Å². The minimum atomic E-state index is -2.60. The van der Waals surface area contributed by atoms with Crippen molar-refractivity contribution in [3.8, 4) is 5.75 Å². The van der Waals surface area contributed by atoms with Gasteiger partial charge in [-0.05, 0) is 45.2 Å². The number of hydrogen-bond acceptors (Lipinski definition) is 5. The average Bonchev–Trinajstić information content (AvgIpc) is 3.04. The highest BCUT2D eigenvalue weighted by atomic mass is 32.2. The lowest BCUT2D eigenvalue weighted by molar-refractivity contribution is -0.119. The summed E-state index contributed by atoms with van der Waals surface area (Å²) in [6.07, 6.45) is 4.03. The minimum Gasteiger partial charge on any atom is -0.493 e. The van der Waals surface area contributed by atoms with Gasteiger partial charge in [0.05, 0.1) is 19.0 Å². The highest BCUT2D eigenvalue weighted by Crippen LogP contribution is 2.36. The summed E-state index contributed by atoms with van der Waals surface area (Å²) < 4.78 is 12.5. The maximum atomic E-state index is 12.5. The van der Waals surface area contributed by atoms with Crippen LogP contribution >= 0.6 is 11.8 Å². The SMILES string of the molecule is CC(C)(C)[Si](OC/C=C/c1ccc(C(=O)NNC(=O)CSCCOc2ccccc2)cc1)(c1ccccc1)c1ccccc1. The van der Waals surface area contributed by atoms with Gasteiger partial charge in [0.15, 0.2) is 0 Å². The smallest absolute Gasteiger partial charge is 0.269 e. The largest absolute Gasteiger partial charge is 0.493 e. The molecule has 0 heterocycles. The van der Waals surface area contributed by atoms with E-state index >= 15 is 0 Å². The fourth-order valence-electron chi connectivity index (χ4n) is 5.00. The zero-order valence-electron chi connectivity index (χ0n) is 25.5. The lowest BCUT2D eigenvalue weighted by atomic mass is 10.1. The van der Waals surface area contributed by atoms with Gasteiger partial charge in [-0.1, -0.05) is 124 Å². The van der Waals surface area contributed by atoms with Crippen LogP contribution in [-0.4, -0.2) is 44.9 Å². The Morgan fingerprint density at radius 2 is 1.34 bits per heavy atom. The molecule has 0 aliphatic heterocycles. The Balaban J connectivity index is 1.27. The van der Waals surface area contributed by atoms with Crippen molar-refractivity contribution in [2.24, 2.45) is 0 Å². The first-order chi connectivity index (χ1) is 21.3. The molecule has 0 saturated heterocycles. The third kappa shape index (κ3) is 8.95. The van der Waals surface area contributed by atoms with Crippen molar-refractivity contribution in [3.05, 3.63) is 132 Å². The van der Waals surface area contributed by atoms with Crippen LogP contribution in [0, 0.1) is 0 Å². The molecule has 0 atom stereocenters. The van der Waals surface area contributed by atoms with Gasteiger partial charge in [-0.25, -0.2) is 0 Å². The molecule has 0 aliphatic rings. The van der Waals surface area contributed by atoms with Crippen molar-refractivity contribution >= 4 is 48.3 Å². The van der Waals surface area contributed by atoms with E-state index in [1.807, 2.05) is 66.7 Å². The van der Waals surface area contributed by atoms with Crippen LogP contribution in [0.3, 0.4) is 0 Å². The number of rotatable bonds is 13. The molecule has 0 saturated carbocycles. The number of hydrogen-bond donors (Lipinski definition) is 2. The third-order valence-corrected chi connectivity index (χ3v) is 13.0. The van der Waals surface area contributed by atoms with E-state index < -0.39 is 8.32 Å². The molecule has 0 bridgehead atoms. The van der Waals surface area contributed by atoms with Crippen molar-refractivity contribution in [1.29, 1.82) is 0 Å². The zero-order chi connectivity index (χ0) is 31.3. The molecule has 228 valence electrons. The molecule has 0 radical (unpaired) electrons. The van der Waals surface area contributed by atoms with E-state index in [1.54, 1.807) is 12.1 Å². The summed E-state index contributed by atoms with van der Waals surface area (Å²) in [5, 5.41) is 2.39. The molecule has 0 fully saturated rings. The fraction of sp³-hybridized carbons (Fsp3) is 0.222. The second-order valence-electron chi connectivity index (χ2n) is 11.2. The molecule has 2 amide bonds. The van der Waals surface area contributed by atoms with Crippen LogP contribution in [-0.2, 0) is 9.22 Å². The summed E-state index contributed by atoms with van der Waals surface area (Å²) in [5.41, 5.74) is 6.36. The number of thioether (sulfide) groups is 1. The highest BCUT2D eigenvalue weighted by molar-refractivity contribution is 7.99. The summed E-state index contributed by atoms with van der Waals surface area (Å²) in [4.78, 5) is 24.7. The van der Waals surface area contributed by atoms with Crippen LogP contribution in [0.4, 0.5) is 0 Å². The number of benzene rings is 4. The van der Waals surface area contributed by atoms with E-state index in [2.05, 4.69) is 80.2 Å². The van der Waals surface area contributed by atoms with E-state index in [9.17, 15) is 9.59 Å². The quantitative estimate of drug-likeness (QED) is 0.111. The number of hydrazine groups is 1. The van der Waals surface area contributed by atoms with Crippen LogP contribution in [0.25, 0.3) is 6.08 Å². The molecule has 0 aliphatic carbocycles. The number of carbonyl (C=O) groups is 2. The minimum absolute atomic E-state index is 0.0938. The maximum absolute atomic E-state index is 12.5. The van der Waals surface area contributed by atoms with Crippen molar-refractivity contribution in [1.82, 2.24) is 10.9 Å². The van der Waals surface area contributed by atoms with Crippen LogP contribution in [0.2, 0.25) is 5.04 Å². The maximum Gasteiger partial charge on any atom is 0.269 e. The van der Waals surface area contributed by atoms with Crippen LogP contribution < -0.4 is 26.0 Å². The number of nitrogens with one attached hydrogen (secondary N) is 2. The molecule has 4 aromatic carbocycles. The molecule has 6 nitrogen and oxygen atoms in total. The lowest BCUT2D eigenvalue weighted by Crippen LogP contribution is -2.66. The summed E-state index contributed by atoms with van der Waals surface area (Å²) in [7, 11) is -2.60. The second-order valence-corrected chi connectivity index (χ2v) is 16.6. The number of carbonyl (C=O) groups excluding carboxylic acids is 2. The predicted octanol–water partition coefficient (Wildman–Crippen LogP) is 5.85. The Morgan fingerprint density at radius 3 is 1.91 bits per heavy atom. The van der Waals surface area contributed by atoms with Gasteiger partial charge < -0.3 is 9.16 Å². The molecule has 0 aromatic heterocycles. The molecular weight excluding hydrogens is 585 g/mol. The van der Waals surface area contributed by atoms with Gasteiger partial charge in [0.2, 0.25) is 5.91 Å². The molecule has 4 aromatic rings. The average molecular weight is 625 g/mol. The Labute approximate surface area is 266 Å². The molecule has 2 N–H and O–H groups in total. The summed E-state index contributed by atoms with van der Waals surface area (Å²) in [6.45, 7) is 7.74. The Kier molecular flexibility index (Phi) is 12.0. The molecule has 0 spiro atoms. The first-order valence-corrected chi connectivity index (χ1v) is 17.7. The van der Waals surface area contributed by atoms with Crippen LogP contribution in [0.15, 0.2) is 121 Å². The molecule has 44 heavy (non-hydrogen) atoms. The standard InChI is InChI=1S/C36H40N2O4SSi/c1-36(2,3)44(32-17-9-5-10-18-32,33-19-11-6-12-20-33)42-25-13-14-29-21-23-30(24-22-29)35(40)38-37-34(39)28-43-27-26-41-31-15-7-4-8-16-31/h4-24H,25-28H2,1-3H3,(H,37,39)(H,38,40)/b14-13+. The number of amides is 2. The van der Waals surface area contributed by atoms with Gasteiger partial charge in [-0.3, -0.25) is 20.4 Å². The monoisotopic (exact) mass is 624 g/mol. The van der Waals surface area contributed by atoms with Crippen molar-refractivity contribution < 1.29 is 18.8 Å². The molecule has 8 heteroatoms. The van der Waals surface area contributed by atoms with E-state index in [1.165, 1.54) is 22.1 Å². The van der Waals surface area contributed by atoms with Crippen molar-refractivity contribution in [2.75, 3.05) is 24.7 Å². The zero-order valence-corrected chi connectivity index (χ0v) is 27.3. The van der Waals surface area contributed by atoms with E-state index in [-0.39, 0.29) is 22.6 Å². The van der Waals surface area contributed by atoms with E-state index in [4.69, 9.17) is 9.16 Å². The Hall–Kier alpha value is -4.11. The fourth-order valence-corrected chi connectivity index (χ4v) is 10.1. The van der Waals surface area contributed by atoms with Gasteiger partial charge in [0.1, 0.15) is 5.75 Å². The first kappa shape index (κ1) is 32.8.